The lowest BCUT2D eigenvalue weighted by atomic mass is 10.0. The largest absolute Gasteiger partial charge is 0.434 e. The van der Waals surface area contributed by atoms with E-state index in [-0.39, 0.29) is 11.8 Å². The van der Waals surface area contributed by atoms with Crippen LogP contribution in [0.2, 0.25) is 0 Å². The molecule has 0 spiro atoms. The fourth-order valence-corrected chi connectivity index (χ4v) is 1.44. The van der Waals surface area contributed by atoms with E-state index in [1.807, 2.05) is 0 Å². The number of ether oxygens (including phenoxy) is 1. The van der Waals surface area contributed by atoms with Gasteiger partial charge >= 0.3 is 6.61 Å². The van der Waals surface area contributed by atoms with Crippen LogP contribution in [0.1, 0.15) is 24.4 Å². The molecule has 0 bridgehead atoms. The van der Waals surface area contributed by atoms with E-state index >= 15 is 0 Å². The van der Waals surface area contributed by atoms with Gasteiger partial charge in [-0.25, -0.2) is 0 Å². The van der Waals surface area contributed by atoms with Crippen LogP contribution in [0.15, 0.2) is 36.9 Å². The molecule has 1 rings (SSSR count). The van der Waals surface area contributed by atoms with Gasteiger partial charge in [-0.15, -0.1) is 6.58 Å². The maximum absolute atomic E-state index is 12.1. The van der Waals surface area contributed by atoms with Gasteiger partial charge in [0.05, 0.1) is 0 Å². The van der Waals surface area contributed by atoms with E-state index in [2.05, 4.69) is 11.3 Å². The van der Waals surface area contributed by atoms with Crippen LogP contribution in [0.4, 0.5) is 8.78 Å². The summed E-state index contributed by atoms with van der Waals surface area (Å²) in [6.45, 7) is 0.764. The second-order valence-electron chi connectivity index (χ2n) is 3.39. The van der Waals surface area contributed by atoms with Gasteiger partial charge < -0.3 is 10.5 Å². The highest BCUT2D eigenvalue weighted by Gasteiger charge is 2.13. The van der Waals surface area contributed by atoms with Gasteiger partial charge in [0.2, 0.25) is 0 Å². The highest BCUT2D eigenvalue weighted by atomic mass is 19.3. The molecule has 0 aliphatic heterocycles. The highest BCUT2D eigenvalue weighted by molar-refractivity contribution is 5.35. The third-order valence-corrected chi connectivity index (χ3v) is 2.22. The Morgan fingerprint density at radius 3 is 2.69 bits per heavy atom. The van der Waals surface area contributed by atoms with E-state index in [0.29, 0.717) is 12.0 Å². The van der Waals surface area contributed by atoms with Crippen LogP contribution in [-0.4, -0.2) is 6.61 Å². The average Bonchev–Trinajstić information content (AvgIpc) is 2.26. The van der Waals surface area contributed by atoms with Gasteiger partial charge in [0.15, 0.2) is 0 Å². The maximum atomic E-state index is 12.1. The minimum absolute atomic E-state index is 0.147. The van der Waals surface area contributed by atoms with Crippen molar-refractivity contribution >= 4 is 0 Å². The Balaban J connectivity index is 2.80. The SMILES string of the molecule is C=CCCC(N)c1ccccc1OC(F)F. The first-order valence-electron chi connectivity index (χ1n) is 5.05. The zero-order valence-corrected chi connectivity index (χ0v) is 8.90. The number of benzene rings is 1. The summed E-state index contributed by atoms with van der Waals surface area (Å²) in [6, 6.07) is 6.27. The zero-order valence-electron chi connectivity index (χ0n) is 8.90. The molecule has 2 N–H and O–H groups in total. The maximum Gasteiger partial charge on any atom is 0.387 e. The smallest absolute Gasteiger partial charge is 0.387 e. The molecular formula is C12H15F2NO. The first kappa shape index (κ1) is 12.6. The van der Waals surface area contributed by atoms with Gasteiger partial charge in [-0.1, -0.05) is 24.3 Å². The predicted octanol–water partition coefficient (Wildman–Crippen LogP) is 3.25. The van der Waals surface area contributed by atoms with E-state index in [1.165, 1.54) is 6.07 Å². The second kappa shape index (κ2) is 6.23. The average molecular weight is 227 g/mol. The van der Waals surface area contributed by atoms with E-state index in [1.54, 1.807) is 24.3 Å². The van der Waals surface area contributed by atoms with Crippen LogP contribution in [0.5, 0.6) is 5.75 Å². The van der Waals surface area contributed by atoms with Gasteiger partial charge in [0.25, 0.3) is 0 Å². The third-order valence-electron chi connectivity index (χ3n) is 2.22. The summed E-state index contributed by atoms with van der Waals surface area (Å²) in [6.07, 6.45) is 3.15. The molecule has 0 saturated heterocycles. The summed E-state index contributed by atoms with van der Waals surface area (Å²) in [5.74, 6) is 0.147. The molecule has 1 aromatic carbocycles. The lowest BCUT2D eigenvalue weighted by Crippen LogP contribution is -2.13. The molecule has 2 nitrogen and oxygen atoms in total. The van der Waals surface area contributed by atoms with Gasteiger partial charge in [-0.05, 0) is 18.9 Å². The van der Waals surface area contributed by atoms with Crippen molar-refractivity contribution < 1.29 is 13.5 Å². The zero-order chi connectivity index (χ0) is 12.0. The quantitative estimate of drug-likeness (QED) is 0.757. The number of allylic oxidation sites excluding steroid dienone is 1. The number of hydrogen-bond donors (Lipinski definition) is 1. The molecule has 16 heavy (non-hydrogen) atoms. The Morgan fingerprint density at radius 2 is 2.06 bits per heavy atom. The molecule has 0 radical (unpaired) electrons. The third kappa shape index (κ3) is 3.62. The summed E-state index contributed by atoms with van der Waals surface area (Å²) in [5.41, 5.74) is 6.49. The molecular weight excluding hydrogens is 212 g/mol. The van der Waals surface area contributed by atoms with E-state index in [4.69, 9.17) is 5.73 Å². The van der Waals surface area contributed by atoms with Crippen molar-refractivity contribution in [3.8, 4) is 5.75 Å². The molecule has 1 atom stereocenters. The predicted molar refractivity (Wildman–Crippen MR) is 59.4 cm³/mol. The Bertz CT molecular complexity index is 342. The monoisotopic (exact) mass is 227 g/mol. The van der Waals surface area contributed by atoms with Crippen LogP contribution >= 0.6 is 0 Å². The van der Waals surface area contributed by atoms with Gasteiger partial charge in [0, 0.05) is 11.6 Å². The fraction of sp³-hybridized carbons (Fsp3) is 0.333. The molecule has 1 unspecified atom stereocenters. The Hall–Kier alpha value is -1.42. The Kier molecular flexibility index (Phi) is 4.92. The summed E-state index contributed by atoms with van der Waals surface area (Å²) in [7, 11) is 0. The number of halogens is 2. The van der Waals surface area contributed by atoms with Gasteiger partial charge in [-0.2, -0.15) is 8.78 Å². The molecule has 4 heteroatoms. The number of alkyl halides is 2. The molecule has 0 aliphatic carbocycles. The molecule has 0 aromatic heterocycles. The van der Waals surface area contributed by atoms with E-state index < -0.39 is 6.61 Å². The van der Waals surface area contributed by atoms with Crippen molar-refractivity contribution in [3.63, 3.8) is 0 Å². The molecule has 0 amide bonds. The number of rotatable bonds is 6. The molecule has 0 aliphatic rings. The molecule has 0 saturated carbocycles. The number of hydrogen-bond acceptors (Lipinski definition) is 2. The lowest BCUT2D eigenvalue weighted by Gasteiger charge is -2.15. The summed E-state index contributed by atoms with van der Waals surface area (Å²) in [4.78, 5) is 0. The number of para-hydroxylation sites is 1. The standard InChI is InChI=1S/C12H15F2NO/c1-2-3-7-10(15)9-6-4-5-8-11(9)16-12(13)14/h2,4-6,8,10,12H,1,3,7,15H2. The summed E-state index contributed by atoms with van der Waals surface area (Å²) in [5, 5.41) is 0. The second-order valence-corrected chi connectivity index (χ2v) is 3.39. The first-order chi connectivity index (χ1) is 7.65. The Labute approximate surface area is 93.7 Å². The lowest BCUT2D eigenvalue weighted by molar-refractivity contribution is -0.0506. The molecule has 1 aromatic rings. The summed E-state index contributed by atoms with van der Waals surface area (Å²) < 4.78 is 28.7. The van der Waals surface area contributed by atoms with E-state index in [9.17, 15) is 8.78 Å². The van der Waals surface area contributed by atoms with Crippen molar-refractivity contribution in [2.45, 2.75) is 25.5 Å². The normalized spacial score (nSPS) is 12.5. The van der Waals surface area contributed by atoms with Crippen molar-refractivity contribution in [1.29, 1.82) is 0 Å². The topological polar surface area (TPSA) is 35.2 Å². The van der Waals surface area contributed by atoms with Crippen molar-refractivity contribution in [3.05, 3.63) is 42.5 Å². The van der Waals surface area contributed by atoms with Gasteiger partial charge in [-0.3, -0.25) is 0 Å². The first-order valence-corrected chi connectivity index (χ1v) is 5.05. The molecule has 88 valence electrons. The van der Waals surface area contributed by atoms with Crippen LogP contribution in [-0.2, 0) is 0 Å². The van der Waals surface area contributed by atoms with Crippen LogP contribution in [0.3, 0.4) is 0 Å². The Morgan fingerprint density at radius 1 is 1.38 bits per heavy atom. The van der Waals surface area contributed by atoms with Crippen molar-refractivity contribution in [2.24, 2.45) is 5.73 Å². The minimum atomic E-state index is -2.83. The van der Waals surface area contributed by atoms with Crippen LogP contribution in [0, 0.1) is 0 Å². The van der Waals surface area contributed by atoms with Crippen LogP contribution < -0.4 is 10.5 Å². The van der Waals surface area contributed by atoms with Crippen molar-refractivity contribution in [2.75, 3.05) is 0 Å². The van der Waals surface area contributed by atoms with Crippen molar-refractivity contribution in [1.82, 2.24) is 0 Å². The number of nitrogens with two attached hydrogens (primary N) is 1. The minimum Gasteiger partial charge on any atom is -0.434 e. The fourth-order valence-electron chi connectivity index (χ4n) is 1.44. The van der Waals surface area contributed by atoms with Crippen LogP contribution in [0.25, 0.3) is 0 Å². The highest BCUT2D eigenvalue weighted by Crippen LogP contribution is 2.27. The molecule has 0 fully saturated rings. The van der Waals surface area contributed by atoms with Gasteiger partial charge in [0.1, 0.15) is 5.75 Å². The molecule has 0 heterocycles. The van der Waals surface area contributed by atoms with E-state index in [0.717, 1.165) is 6.42 Å². The summed E-state index contributed by atoms with van der Waals surface area (Å²) >= 11 is 0.